The van der Waals surface area contributed by atoms with Crippen molar-refractivity contribution in [1.82, 2.24) is 24.9 Å². The Kier molecular flexibility index (Phi) is 4.08. The number of nitrogens with zero attached hydrogens (tertiary/aromatic N) is 4. The van der Waals surface area contributed by atoms with E-state index in [1.807, 2.05) is 66.9 Å². The summed E-state index contributed by atoms with van der Waals surface area (Å²) in [4.78, 5) is 17.1. The highest BCUT2D eigenvalue weighted by Crippen LogP contribution is 2.22. The van der Waals surface area contributed by atoms with Gasteiger partial charge < -0.3 is 5.32 Å². The third kappa shape index (κ3) is 2.90. The Morgan fingerprint density at radius 2 is 1.88 bits per heavy atom. The zero-order chi connectivity index (χ0) is 18.1. The van der Waals surface area contributed by atoms with Crippen molar-refractivity contribution < 1.29 is 4.79 Å². The highest BCUT2D eigenvalue weighted by Gasteiger charge is 2.13. The van der Waals surface area contributed by atoms with Crippen LogP contribution in [-0.4, -0.2) is 25.5 Å². The molecule has 0 aliphatic rings. The minimum Gasteiger partial charge on any atom is -0.348 e. The molecule has 3 aromatic heterocycles. The Labute approximate surface area is 150 Å². The van der Waals surface area contributed by atoms with Gasteiger partial charge in [-0.2, -0.15) is 0 Å². The zero-order valence-corrected chi connectivity index (χ0v) is 14.7. The van der Waals surface area contributed by atoms with Crippen LogP contribution in [0.15, 0.2) is 48.7 Å². The first kappa shape index (κ1) is 16.2. The molecular formula is C20H19N5O. The summed E-state index contributed by atoms with van der Waals surface area (Å²) in [5.74, 6) is 0.653. The molecule has 4 aromatic rings. The van der Waals surface area contributed by atoms with Gasteiger partial charge >= 0.3 is 0 Å². The summed E-state index contributed by atoms with van der Waals surface area (Å²) < 4.78 is 1.87. The monoisotopic (exact) mass is 345 g/mol. The number of pyridine rings is 2. The highest BCUT2D eigenvalue weighted by atomic mass is 16.1. The first-order valence-electron chi connectivity index (χ1n) is 8.53. The number of carbonyl (C=O) groups is 1. The number of para-hydroxylation sites is 1. The average molecular weight is 345 g/mol. The van der Waals surface area contributed by atoms with Gasteiger partial charge in [0.05, 0.1) is 18.5 Å². The van der Waals surface area contributed by atoms with E-state index in [9.17, 15) is 4.79 Å². The first-order chi connectivity index (χ1) is 12.6. The summed E-state index contributed by atoms with van der Waals surface area (Å²) in [5.41, 5.74) is 4.71. The van der Waals surface area contributed by atoms with Crippen LogP contribution in [0.5, 0.6) is 0 Å². The third-order valence-electron chi connectivity index (χ3n) is 4.65. The quantitative estimate of drug-likeness (QED) is 0.617. The summed E-state index contributed by atoms with van der Waals surface area (Å²) >= 11 is 0. The van der Waals surface area contributed by atoms with E-state index in [0.717, 1.165) is 33.4 Å². The summed E-state index contributed by atoms with van der Waals surface area (Å²) in [6, 6.07) is 13.7. The van der Waals surface area contributed by atoms with E-state index in [1.54, 1.807) is 0 Å². The van der Waals surface area contributed by atoms with E-state index in [0.29, 0.717) is 18.8 Å². The molecule has 4 rings (SSSR count). The van der Waals surface area contributed by atoms with Gasteiger partial charge in [-0.25, -0.2) is 0 Å². The minimum atomic E-state index is -0.0547. The van der Waals surface area contributed by atoms with Gasteiger partial charge in [0, 0.05) is 17.3 Å². The molecule has 0 radical (unpaired) electrons. The van der Waals surface area contributed by atoms with Gasteiger partial charge in [0.2, 0.25) is 5.91 Å². The average Bonchev–Trinajstić information content (AvgIpc) is 3.07. The van der Waals surface area contributed by atoms with E-state index in [2.05, 4.69) is 20.5 Å². The molecular weight excluding hydrogens is 326 g/mol. The maximum atomic E-state index is 12.5. The second-order valence-electron chi connectivity index (χ2n) is 6.32. The number of aryl methyl sites for hydroxylation is 2. The molecule has 1 N–H and O–H groups in total. The van der Waals surface area contributed by atoms with Gasteiger partial charge in [0.25, 0.3) is 0 Å². The van der Waals surface area contributed by atoms with Crippen molar-refractivity contribution in [2.24, 2.45) is 0 Å². The van der Waals surface area contributed by atoms with Gasteiger partial charge in [-0.15, -0.1) is 10.2 Å². The van der Waals surface area contributed by atoms with E-state index in [-0.39, 0.29) is 5.91 Å². The summed E-state index contributed by atoms with van der Waals surface area (Å²) in [7, 11) is 0. The largest absolute Gasteiger partial charge is 0.348 e. The minimum absolute atomic E-state index is 0.0547. The second kappa shape index (κ2) is 6.55. The molecule has 0 aliphatic carbocycles. The van der Waals surface area contributed by atoms with Crippen LogP contribution < -0.4 is 5.32 Å². The molecule has 0 aliphatic heterocycles. The van der Waals surface area contributed by atoms with Crippen LogP contribution in [0.3, 0.4) is 0 Å². The van der Waals surface area contributed by atoms with E-state index < -0.39 is 0 Å². The van der Waals surface area contributed by atoms with Crippen molar-refractivity contribution in [2.75, 3.05) is 0 Å². The van der Waals surface area contributed by atoms with E-state index >= 15 is 0 Å². The molecule has 0 bridgehead atoms. The Hall–Kier alpha value is -3.28. The Morgan fingerprint density at radius 1 is 1.08 bits per heavy atom. The number of benzene rings is 1. The van der Waals surface area contributed by atoms with Crippen molar-refractivity contribution >= 4 is 22.5 Å². The van der Waals surface area contributed by atoms with Gasteiger partial charge in [-0.1, -0.05) is 24.3 Å². The van der Waals surface area contributed by atoms with E-state index in [1.165, 1.54) is 0 Å². The Morgan fingerprint density at radius 3 is 2.77 bits per heavy atom. The molecule has 130 valence electrons. The maximum absolute atomic E-state index is 12.5. The Balaban J connectivity index is 1.52. The molecule has 1 aromatic carbocycles. The molecule has 0 saturated heterocycles. The molecule has 3 heterocycles. The summed E-state index contributed by atoms with van der Waals surface area (Å²) in [6.07, 6.45) is 2.19. The lowest BCUT2D eigenvalue weighted by Gasteiger charge is -2.12. The van der Waals surface area contributed by atoms with Crippen LogP contribution in [0.1, 0.15) is 22.6 Å². The fourth-order valence-electron chi connectivity index (χ4n) is 3.24. The number of nitrogens with one attached hydrogen (secondary N) is 1. The predicted octanol–water partition coefficient (Wildman–Crippen LogP) is 2.75. The molecule has 26 heavy (non-hydrogen) atoms. The van der Waals surface area contributed by atoms with Crippen molar-refractivity contribution in [3.8, 4) is 0 Å². The number of rotatable bonds is 4. The third-order valence-corrected chi connectivity index (χ3v) is 4.65. The van der Waals surface area contributed by atoms with Crippen LogP contribution in [0, 0.1) is 13.8 Å². The maximum Gasteiger partial charge on any atom is 0.224 e. The second-order valence-corrected chi connectivity index (χ2v) is 6.32. The summed E-state index contributed by atoms with van der Waals surface area (Å²) in [5, 5.41) is 12.3. The number of aromatic nitrogens is 4. The van der Waals surface area contributed by atoms with Crippen LogP contribution >= 0.6 is 0 Å². The molecule has 6 heteroatoms. The molecule has 0 saturated carbocycles. The number of hydrogen-bond acceptors (Lipinski definition) is 4. The molecule has 6 nitrogen and oxygen atoms in total. The normalized spacial score (nSPS) is 11.2. The van der Waals surface area contributed by atoms with Crippen molar-refractivity contribution in [2.45, 2.75) is 26.8 Å². The highest BCUT2D eigenvalue weighted by molar-refractivity contribution is 5.86. The standard InChI is InChI=1S/C20H19N5O/c1-13-15-7-3-4-8-17(15)22-14(2)16(13)11-20(26)21-12-19-24-23-18-9-5-6-10-25(18)19/h3-10H,11-12H2,1-2H3,(H,21,26). The van der Waals surface area contributed by atoms with Crippen LogP contribution in [0.4, 0.5) is 0 Å². The lowest BCUT2D eigenvalue weighted by Crippen LogP contribution is -2.26. The molecule has 0 atom stereocenters. The SMILES string of the molecule is Cc1nc2ccccc2c(C)c1CC(=O)NCc1nnc2ccccn12. The van der Waals surface area contributed by atoms with Gasteiger partial charge in [-0.05, 0) is 43.2 Å². The van der Waals surface area contributed by atoms with Crippen LogP contribution in [0.2, 0.25) is 0 Å². The lowest BCUT2D eigenvalue weighted by atomic mass is 9.99. The van der Waals surface area contributed by atoms with Gasteiger partial charge in [0.15, 0.2) is 11.5 Å². The summed E-state index contributed by atoms with van der Waals surface area (Å²) in [6.45, 7) is 4.34. The Bertz CT molecular complexity index is 1120. The van der Waals surface area contributed by atoms with Gasteiger partial charge in [-0.3, -0.25) is 14.2 Å². The molecule has 0 fully saturated rings. The number of amides is 1. The lowest BCUT2D eigenvalue weighted by molar-refractivity contribution is -0.120. The fourth-order valence-corrected chi connectivity index (χ4v) is 3.24. The molecule has 1 amide bonds. The van der Waals surface area contributed by atoms with Crippen molar-refractivity contribution in [1.29, 1.82) is 0 Å². The fraction of sp³-hybridized carbons (Fsp3) is 0.200. The van der Waals surface area contributed by atoms with E-state index in [4.69, 9.17) is 0 Å². The predicted molar refractivity (Wildman–Crippen MR) is 99.8 cm³/mol. The number of carbonyl (C=O) groups excluding carboxylic acids is 1. The molecule has 0 unspecified atom stereocenters. The van der Waals surface area contributed by atoms with Gasteiger partial charge in [0.1, 0.15) is 0 Å². The van der Waals surface area contributed by atoms with Crippen molar-refractivity contribution in [3.63, 3.8) is 0 Å². The van der Waals surface area contributed by atoms with Crippen molar-refractivity contribution in [3.05, 3.63) is 71.3 Å². The number of hydrogen-bond donors (Lipinski definition) is 1. The smallest absolute Gasteiger partial charge is 0.224 e. The zero-order valence-electron chi connectivity index (χ0n) is 14.7. The van der Waals surface area contributed by atoms with Crippen LogP contribution in [-0.2, 0) is 17.8 Å². The van der Waals surface area contributed by atoms with Crippen LogP contribution in [0.25, 0.3) is 16.6 Å². The molecule has 0 spiro atoms. The number of fused-ring (bicyclic) bond motifs is 2. The topological polar surface area (TPSA) is 72.2 Å². The first-order valence-corrected chi connectivity index (χ1v) is 8.53.